The summed E-state index contributed by atoms with van der Waals surface area (Å²) < 4.78 is 5.75. The average Bonchev–Trinajstić information content (AvgIpc) is 2.49. The molecule has 4 nitrogen and oxygen atoms in total. The Morgan fingerprint density at radius 3 is 2.78 bits per heavy atom. The van der Waals surface area contributed by atoms with Crippen LogP contribution in [0.15, 0.2) is 24.3 Å². The van der Waals surface area contributed by atoms with E-state index in [2.05, 4.69) is 24.2 Å². The largest absolute Gasteiger partial charge is 0.491 e. The summed E-state index contributed by atoms with van der Waals surface area (Å²) in [6, 6.07) is 7.56. The Balaban J connectivity index is 1.91. The van der Waals surface area contributed by atoms with Crippen molar-refractivity contribution in [3.8, 4) is 5.75 Å². The molecule has 5 heteroatoms. The predicted molar refractivity (Wildman–Crippen MR) is 93.9 cm³/mol. The smallest absolute Gasteiger partial charge is 0.229 e. The number of hydrogen-bond acceptors (Lipinski definition) is 3. The molecule has 0 spiro atoms. The molecule has 2 rings (SSSR count). The van der Waals surface area contributed by atoms with E-state index in [0.29, 0.717) is 23.3 Å². The number of benzene rings is 1. The standard InChI is InChI=1S/C18H27ClN2O2/c1-13-11-21(4)10-9-15(13)20-17(22)18(2,3)12-23-16-8-6-5-7-14(16)19/h5-8,13,15H,9-12H2,1-4H3,(H,20,22)/t13-,15-/m0/s1. The van der Waals surface area contributed by atoms with Gasteiger partial charge in [-0.2, -0.15) is 0 Å². The number of carbonyl (C=O) groups is 1. The molecule has 23 heavy (non-hydrogen) atoms. The van der Waals surface area contributed by atoms with Crippen LogP contribution >= 0.6 is 11.6 Å². The summed E-state index contributed by atoms with van der Waals surface area (Å²) in [7, 11) is 2.12. The molecule has 128 valence electrons. The normalized spacial score (nSPS) is 22.7. The van der Waals surface area contributed by atoms with Gasteiger partial charge in [0.1, 0.15) is 12.4 Å². The van der Waals surface area contributed by atoms with Gasteiger partial charge in [-0.15, -0.1) is 0 Å². The van der Waals surface area contributed by atoms with E-state index < -0.39 is 5.41 Å². The summed E-state index contributed by atoms with van der Waals surface area (Å²) in [5.41, 5.74) is -0.609. The van der Waals surface area contributed by atoms with Crippen molar-refractivity contribution in [3.05, 3.63) is 29.3 Å². The Hall–Kier alpha value is -1.26. The minimum absolute atomic E-state index is 0.0333. The lowest BCUT2D eigenvalue weighted by molar-refractivity contribution is -0.132. The van der Waals surface area contributed by atoms with E-state index in [0.717, 1.165) is 19.5 Å². The molecule has 0 saturated carbocycles. The number of likely N-dealkylation sites (tertiary alicyclic amines) is 1. The number of para-hydroxylation sites is 1. The minimum atomic E-state index is -0.609. The van der Waals surface area contributed by atoms with Crippen LogP contribution in [0.2, 0.25) is 5.02 Å². The fourth-order valence-electron chi connectivity index (χ4n) is 2.82. The van der Waals surface area contributed by atoms with Gasteiger partial charge in [-0.3, -0.25) is 4.79 Å². The molecule has 2 atom stereocenters. The number of nitrogens with zero attached hydrogens (tertiary/aromatic N) is 1. The molecule has 1 amide bonds. The number of rotatable bonds is 5. The maximum absolute atomic E-state index is 12.6. The van der Waals surface area contributed by atoms with Gasteiger partial charge in [0, 0.05) is 12.6 Å². The molecule has 0 bridgehead atoms. The van der Waals surface area contributed by atoms with Gasteiger partial charge in [-0.05, 0) is 51.9 Å². The Kier molecular flexibility index (Phi) is 5.93. The van der Waals surface area contributed by atoms with Gasteiger partial charge >= 0.3 is 0 Å². The summed E-state index contributed by atoms with van der Waals surface area (Å²) in [4.78, 5) is 14.9. The molecule has 1 saturated heterocycles. The first-order chi connectivity index (χ1) is 10.8. The molecule has 1 aliphatic heterocycles. The highest BCUT2D eigenvalue weighted by molar-refractivity contribution is 6.32. The van der Waals surface area contributed by atoms with Crippen LogP contribution in [0.4, 0.5) is 0 Å². The van der Waals surface area contributed by atoms with Gasteiger partial charge in [-0.25, -0.2) is 0 Å². The molecule has 0 aliphatic carbocycles. The van der Waals surface area contributed by atoms with Crippen LogP contribution in [0.25, 0.3) is 0 Å². The number of halogens is 1. The fourth-order valence-corrected chi connectivity index (χ4v) is 3.01. The van der Waals surface area contributed by atoms with E-state index in [1.54, 1.807) is 6.07 Å². The van der Waals surface area contributed by atoms with Crippen LogP contribution in [0.5, 0.6) is 5.75 Å². The van der Waals surface area contributed by atoms with Crippen LogP contribution in [0.1, 0.15) is 27.2 Å². The van der Waals surface area contributed by atoms with Crippen LogP contribution in [0, 0.1) is 11.3 Å². The molecule has 1 heterocycles. The van der Waals surface area contributed by atoms with Crippen molar-refractivity contribution < 1.29 is 9.53 Å². The predicted octanol–water partition coefficient (Wildman–Crippen LogP) is 3.20. The number of carbonyl (C=O) groups excluding carboxylic acids is 1. The third-order valence-corrected chi connectivity index (χ3v) is 4.78. The van der Waals surface area contributed by atoms with Crippen molar-refractivity contribution in [2.45, 2.75) is 33.2 Å². The minimum Gasteiger partial charge on any atom is -0.491 e. The second-order valence-electron chi connectivity index (χ2n) is 7.21. The number of hydrogen-bond donors (Lipinski definition) is 1. The van der Waals surface area contributed by atoms with Crippen molar-refractivity contribution in [3.63, 3.8) is 0 Å². The first-order valence-electron chi connectivity index (χ1n) is 8.16. The number of piperidine rings is 1. The van der Waals surface area contributed by atoms with Gasteiger partial charge < -0.3 is 15.0 Å². The molecule has 1 aromatic carbocycles. The molecular weight excluding hydrogens is 312 g/mol. The Labute approximate surface area is 144 Å². The monoisotopic (exact) mass is 338 g/mol. The van der Waals surface area contributed by atoms with Crippen molar-refractivity contribution in [2.75, 3.05) is 26.7 Å². The molecule has 0 unspecified atom stereocenters. The quantitative estimate of drug-likeness (QED) is 0.896. The second-order valence-corrected chi connectivity index (χ2v) is 7.62. The summed E-state index contributed by atoms with van der Waals surface area (Å²) >= 11 is 6.09. The Morgan fingerprint density at radius 1 is 1.43 bits per heavy atom. The van der Waals surface area contributed by atoms with E-state index >= 15 is 0 Å². The van der Waals surface area contributed by atoms with Gasteiger partial charge in [-0.1, -0.05) is 30.7 Å². The molecule has 1 aliphatic rings. The average molecular weight is 339 g/mol. The summed E-state index contributed by atoms with van der Waals surface area (Å²) in [6.07, 6.45) is 0.991. The van der Waals surface area contributed by atoms with Crippen LogP contribution in [-0.2, 0) is 4.79 Å². The highest BCUT2D eigenvalue weighted by atomic mass is 35.5. The van der Waals surface area contributed by atoms with Crippen LogP contribution in [-0.4, -0.2) is 43.6 Å². The highest BCUT2D eigenvalue weighted by Crippen LogP contribution is 2.26. The summed E-state index contributed by atoms with van der Waals surface area (Å²) in [6.45, 7) is 8.32. The van der Waals surface area contributed by atoms with E-state index in [1.165, 1.54) is 0 Å². The molecule has 1 N–H and O–H groups in total. The van der Waals surface area contributed by atoms with Gasteiger partial charge in [0.2, 0.25) is 5.91 Å². The first-order valence-corrected chi connectivity index (χ1v) is 8.54. The lowest BCUT2D eigenvalue weighted by Gasteiger charge is -2.37. The zero-order valence-electron chi connectivity index (χ0n) is 14.4. The fraction of sp³-hybridized carbons (Fsp3) is 0.611. The molecule has 1 fully saturated rings. The van der Waals surface area contributed by atoms with Crippen molar-refractivity contribution >= 4 is 17.5 Å². The number of amides is 1. The van der Waals surface area contributed by atoms with E-state index in [4.69, 9.17) is 16.3 Å². The third-order valence-electron chi connectivity index (χ3n) is 4.46. The number of nitrogens with one attached hydrogen (secondary N) is 1. The van der Waals surface area contributed by atoms with E-state index in [9.17, 15) is 4.79 Å². The Morgan fingerprint density at radius 2 is 2.13 bits per heavy atom. The van der Waals surface area contributed by atoms with E-state index in [-0.39, 0.29) is 11.9 Å². The highest BCUT2D eigenvalue weighted by Gasteiger charge is 2.33. The van der Waals surface area contributed by atoms with Crippen molar-refractivity contribution in [1.29, 1.82) is 0 Å². The number of ether oxygens (including phenoxy) is 1. The summed E-state index contributed by atoms with van der Waals surface area (Å²) in [5, 5.41) is 3.76. The molecule has 0 aromatic heterocycles. The van der Waals surface area contributed by atoms with Crippen molar-refractivity contribution in [1.82, 2.24) is 10.2 Å². The second kappa shape index (κ2) is 7.54. The first kappa shape index (κ1) is 18.1. The lowest BCUT2D eigenvalue weighted by Crippen LogP contribution is -2.52. The molecule has 0 radical (unpaired) electrons. The molecule has 1 aromatic rings. The third kappa shape index (κ3) is 4.85. The Bertz CT molecular complexity index is 548. The van der Waals surface area contributed by atoms with Crippen LogP contribution in [0.3, 0.4) is 0 Å². The summed E-state index contributed by atoms with van der Waals surface area (Å²) in [5.74, 6) is 1.10. The topological polar surface area (TPSA) is 41.6 Å². The zero-order chi connectivity index (χ0) is 17.0. The zero-order valence-corrected chi connectivity index (χ0v) is 15.2. The lowest BCUT2D eigenvalue weighted by atomic mass is 9.89. The van der Waals surface area contributed by atoms with Gasteiger partial charge in [0.05, 0.1) is 10.4 Å². The SMILES string of the molecule is C[C@H]1CN(C)CC[C@@H]1NC(=O)C(C)(C)COc1ccccc1Cl. The van der Waals surface area contributed by atoms with Gasteiger partial charge in [0.25, 0.3) is 0 Å². The van der Waals surface area contributed by atoms with Gasteiger partial charge in [0.15, 0.2) is 0 Å². The van der Waals surface area contributed by atoms with Crippen LogP contribution < -0.4 is 10.1 Å². The van der Waals surface area contributed by atoms with E-state index in [1.807, 2.05) is 32.0 Å². The molecular formula is C18H27ClN2O2. The van der Waals surface area contributed by atoms with Crippen molar-refractivity contribution in [2.24, 2.45) is 11.3 Å². The maximum atomic E-state index is 12.6. The maximum Gasteiger partial charge on any atom is 0.229 e.